The number of hydrogen-bond donors (Lipinski definition) is 1. The highest BCUT2D eigenvalue weighted by Crippen LogP contribution is 2.15. The zero-order valence-corrected chi connectivity index (χ0v) is 8.67. The van der Waals surface area contributed by atoms with Crippen LogP contribution in [0.25, 0.3) is 0 Å². The van der Waals surface area contributed by atoms with E-state index in [-0.39, 0.29) is 0 Å². The molecule has 1 aliphatic heterocycles. The first-order valence-corrected chi connectivity index (χ1v) is 5.65. The van der Waals surface area contributed by atoms with Crippen LogP contribution in [0.15, 0.2) is 24.0 Å². The summed E-state index contributed by atoms with van der Waals surface area (Å²) in [6.45, 7) is 3.18. The SMILES string of the molecule is C1=CC(OCC2CCCNC2)=CCC1. The monoisotopic (exact) mass is 193 g/mol. The van der Waals surface area contributed by atoms with Gasteiger partial charge in [-0.25, -0.2) is 0 Å². The smallest absolute Gasteiger partial charge is 0.115 e. The summed E-state index contributed by atoms with van der Waals surface area (Å²) in [4.78, 5) is 0. The van der Waals surface area contributed by atoms with Gasteiger partial charge in [0.15, 0.2) is 0 Å². The van der Waals surface area contributed by atoms with Gasteiger partial charge in [0, 0.05) is 12.5 Å². The second-order valence-corrected chi connectivity index (χ2v) is 4.11. The Bertz CT molecular complexity index is 226. The fourth-order valence-corrected chi connectivity index (χ4v) is 1.98. The number of rotatable bonds is 3. The summed E-state index contributed by atoms with van der Waals surface area (Å²) in [6.07, 6.45) is 11.4. The van der Waals surface area contributed by atoms with Gasteiger partial charge in [-0.3, -0.25) is 0 Å². The standard InChI is InChI=1S/C12H19NO/c1-2-6-12(7-3-1)14-10-11-5-4-8-13-9-11/h2,6-7,11,13H,1,3-5,8-10H2. The molecule has 2 heteroatoms. The Balaban J connectivity index is 1.70. The molecule has 14 heavy (non-hydrogen) atoms. The lowest BCUT2D eigenvalue weighted by atomic mass is 10.0. The molecule has 1 atom stereocenters. The Hall–Kier alpha value is -0.760. The molecule has 1 fully saturated rings. The van der Waals surface area contributed by atoms with Gasteiger partial charge >= 0.3 is 0 Å². The van der Waals surface area contributed by atoms with Crippen molar-refractivity contribution in [2.45, 2.75) is 25.7 Å². The molecule has 1 heterocycles. The fraction of sp³-hybridized carbons (Fsp3) is 0.667. The zero-order chi connectivity index (χ0) is 9.64. The molecular formula is C12H19NO. The molecule has 2 aliphatic rings. The van der Waals surface area contributed by atoms with E-state index in [1.807, 2.05) is 0 Å². The van der Waals surface area contributed by atoms with Crippen molar-refractivity contribution in [1.82, 2.24) is 5.32 Å². The van der Waals surface area contributed by atoms with Crippen molar-refractivity contribution >= 4 is 0 Å². The van der Waals surface area contributed by atoms with Crippen molar-refractivity contribution in [2.75, 3.05) is 19.7 Å². The van der Waals surface area contributed by atoms with Gasteiger partial charge in [-0.05, 0) is 44.4 Å². The van der Waals surface area contributed by atoms with Crippen LogP contribution in [-0.2, 0) is 4.74 Å². The normalized spacial score (nSPS) is 27.1. The summed E-state index contributed by atoms with van der Waals surface area (Å²) < 4.78 is 5.76. The summed E-state index contributed by atoms with van der Waals surface area (Å²) in [5.41, 5.74) is 0. The van der Waals surface area contributed by atoms with E-state index in [9.17, 15) is 0 Å². The summed E-state index contributed by atoms with van der Waals surface area (Å²) in [5.74, 6) is 1.78. The topological polar surface area (TPSA) is 21.3 Å². The molecule has 0 bridgehead atoms. The minimum Gasteiger partial charge on any atom is -0.494 e. The third kappa shape index (κ3) is 2.88. The van der Waals surface area contributed by atoms with Gasteiger partial charge < -0.3 is 10.1 Å². The molecule has 0 amide bonds. The Morgan fingerprint density at radius 2 is 2.43 bits per heavy atom. The third-order valence-corrected chi connectivity index (χ3v) is 2.85. The van der Waals surface area contributed by atoms with E-state index in [0.29, 0.717) is 5.92 Å². The molecule has 0 aromatic heterocycles. The van der Waals surface area contributed by atoms with Crippen LogP contribution in [0.2, 0.25) is 0 Å². The van der Waals surface area contributed by atoms with Crippen LogP contribution >= 0.6 is 0 Å². The number of ether oxygens (including phenoxy) is 1. The largest absolute Gasteiger partial charge is 0.494 e. The Morgan fingerprint density at radius 3 is 3.14 bits per heavy atom. The van der Waals surface area contributed by atoms with Gasteiger partial charge in [-0.15, -0.1) is 0 Å². The average Bonchev–Trinajstić information content (AvgIpc) is 2.29. The van der Waals surface area contributed by atoms with E-state index in [1.54, 1.807) is 0 Å². The summed E-state index contributed by atoms with van der Waals surface area (Å²) in [5, 5.41) is 3.41. The van der Waals surface area contributed by atoms with E-state index in [4.69, 9.17) is 4.74 Å². The van der Waals surface area contributed by atoms with Gasteiger partial charge in [0.25, 0.3) is 0 Å². The second kappa shape index (κ2) is 5.20. The molecule has 2 nitrogen and oxygen atoms in total. The molecule has 0 aromatic carbocycles. The third-order valence-electron chi connectivity index (χ3n) is 2.85. The van der Waals surface area contributed by atoms with Crippen LogP contribution in [0.1, 0.15) is 25.7 Å². The van der Waals surface area contributed by atoms with Crippen molar-refractivity contribution in [3.8, 4) is 0 Å². The molecule has 1 aliphatic carbocycles. The zero-order valence-electron chi connectivity index (χ0n) is 8.67. The highest BCUT2D eigenvalue weighted by Gasteiger charge is 2.13. The quantitative estimate of drug-likeness (QED) is 0.742. The minimum atomic E-state index is 0.708. The molecule has 0 saturated carbocycles. The van der Waals surface area contributed by atoms with Crippen LogP contribution in [0.5, 0.6) is 0 Å². The number of piperidine rings is 1. The highest BCUT2D eigenvalue weighted by atomic mass is 16.5. The Kier molecular flexibility index (Phi) is 3.64. The fourth-order valence-electron chi connectivity index (χ4n) is 1.98. The van der Waals surface area contributed by atoms with Gasteiger partial charge in [0.1, 0.15) is 5.76 Å². The van der Waals surface area contributed by atoms with Gasteiger partial charge in [-0.2, -0.15) is 0 Å². The number of allylic oxidation sites excluding steroid dienone is 3. The first-order valence-electron chi connectivity index (χ1n) is 5.65. The summed E-state index contributed by atoms with van der Waals surface area (Å²) in [7, 11) is 0. The predicted molar refractivity (Wildman–Crippen MR) is 58.0 cm³/mol. The van der Waals surface area contributed by atoms with Crippen LogP contribution in [0.3, 0.4) is 0 Å². The molecule has 0 spiro atoms. The molecule has 0 radical (unpaired) electrons. The summed E-state index contributed by atoms with van der Waals surface area (Å²) >= 11 is 0. The lowest BCUT2D eigenvalue weighted by molar-refractivity contribution is 0.155. The molecule has 1 saturated heterocycles. The first kappa shape index (κ1) is 9.78. The first-order chi connectivity index (χ1) is 6.95. The predicted octanol–water partition coefficient (Wildman–Crippen LogP) is 2.24. The van der Waals surface area contributed by atoms with Crippen molar-refractivity contribution in [1.29, 1.82) is 0 Å². The maximum atomic E-state index is 5.76. The molecule has 78 valence electrons. The van der Waals surface area contributed by atoms with Crippen LogP contribution < -0.4 is 5.32 Å². The molecular weight excluding hydrogens is 174 g/mol. The average molecular weight is 193 g/mol. The van der Waals surface area contributed by atoms with Crippen LogP contribution in [0.4, 0.5) is 0 Å². The van der Waals surface area contributed by atoms with E-state index in [0.717, 1.165) is 31.8 Å². The maximum Gasteiger partial charge on any atom is 0.115 e. The van der Waals surface area contributed by atoms with Gasteiger partial charge in [-0.1, -0.05) is 6.08 Å². The van der Waals surface area contributed by atoms with E-state index < -0.39 is 0 Å². The van der Waals surface area contributed by atoms with Gasteiger partial charge in [0.2, 0.25) is 0 Å². The van der Waals surface area contributed by atoms with Crippen molar-refractivity contribution < 1.29 is 4.74 Å². The Morgan fingerprint density at radius 1 is 1.43 bits per heavy atom. The Labute approximate surface area is 86.0 Å². The number of hydrogen-bond acceptors (Lipinski definition) is 2. The molecule has 1 N–H and O–H groups in total. The number of nitrogens with one attached hydrogen (secondary N) is 1. The summed E-state index contributed by atoms with van der Waals surface area (Å²) in [6, 6.07) is 0. The lowest BCUT2D eigenvalue weighted by Gasteiger charge is -2.23. The van der Waals surface area contributed by atoms with E-state index >= 15 is 0 Å². The van der Waals surface area contributed by atoms with Crippen LogP contribution in [-0.4, -0.2) is 19.7 Å². The van der Waals surface area contributed by atoms with Crippen molar-refractivity contribution in [3.63, 3.8) is 0 Å². The van der Waals surface area contributed by atoms with Crippen molar-refractivity contribution in [2.24, 2.45) is 5.92 Å². The second-order valence-electron chi connectivity index (χ2n) is 4.11. The lowest BCUT2D eigenvalue weighted by Crippen LogP contribution is -2.32. The van der Waals surface area contributed by atoms with Crippen molar-refractivity contribution in [3.05, 3.63) is 24.0 Å². The molecule has 1 unspecified atom stereocenters. The highest BCUT2D eigenvalue weighted by molar-refractivity contribution is 5.15. The molecule has 2 rings (SSSR count). The van der Waals surface area contributed by atoms with Gasteiger partial charge in [0.05, 0.1) is 6.61 Å². The van der Waals surface area contributed by atoms with E-state index in [1.165, 1.54) is 19.4 Å². The van der Waals surface area contributed by atoms with E-state index in [2.05, 4.69) is 23.5 Å². The maximum absolute atomic E-state index is 5.76. The molecule has 0 aromatic rings. The van der Waals surface area contributed by atoms with Crippen LogP contribution in [0, 0.1) is 5.92 Å². The minimum absolute atomic E-state index is 0.708.